The fourth-order valence-electron chi connectivity index (χ4n) is 1.05. The van der Waals surface area contributed by atoms with Crippen molar-refractivity contribution in [2.75, 3.05) is 13.3 Å². The van der Waals surface area contributed by atoms with Gasteiger partial charge in [-0.1, -0.05) is 26.2 Å². The van der Waals surface area contributed by atoms with Crippen LogP contribution in [-0.4, -0.2) is 19.2 Å². The van der Waals surface area contributed by atoms with E-state index >= 15 is 0 Å². The molecule has 0 radical (unpaired) electrons. The van der Waals surface area contributed by atoms with Crippen LogP contribution in [0.25, 0.3) is 0 Å². The van der Waals surface area contributed by atoms with Gasteiger partial charge in [-0.15, -0.1) is 0 Å². The maximum absolute atomic E-state index is 11.4. The van der Waals surface area contributed by atoms with Crippen LogP contribution in [0.4, 0.5) is 0 Å². The molecule has 2 nitrogen and oxygen atoms in total. The highest BCUT2D eigenvalue weighted by Crippen LogP contribution is 2.18. The molecule has 0 aromatic heterocycles. The Morgan fingerprint density at radius 1 is 1.57 bits per heavy atom. The van der Waals surface area contributed by atoms with Crippen LogP contribution >= 0.6 is 20.2 Å². The molecule has 1 rings (SSSR count). The highest BCUT2D eigenvalue weighted by molar-refractivity contribution is 7.46. The molecule has 1 aromatic carbocycles. The van der Waals surface area contributed by atoms with E-state index in [-0.39, 0.29) is 5.97 Å². The summed E-state index contributed by atoms with van der Waals surface area (Å²) in [5.74, 6) is -0.358. The maximum Gasteiger partial charge on any atom is 0.339 e. The van der Waals surface area contributed by atoms with Crippen molar-refractivity contribution in [2.45, 2.75) is 6.92 Å². The third kappa shape index (κ3) is 2.70. The summed E-state index contributed by atoms with van der Waals surface area (Å²) in [6.07, 6.45) is 0. The molecule has 4 heteroatoms. The van der Waals surface area contributed by atoms with E-state index in [9.17, 15) is 4.79 Å². The lowest BCUT2D eigenvalue weighted by Gasteiger charge is -2.05. The zero-order chi connectivity index (χ0) is 10.6. The second-order valence-corrected chi connectivity index (χ2v) is 4.15. The largest absolute Gasteiger partial charge is 0.462 e. The van der Waals surface area contributed by atoms with E-state index < -0.39 is 0 Å². The number of hydrogen-bond acceptors (Lipinski definition) is 2. The lowest BCUT2D eigenvalue weighted by Crippen LogP contribution is -2.07. The average Bonchev–Trinajstić information content (AvgIpc) is 2.17. The van der Waals surface area contributed by atoms with Gasteiger partial charge in [0.1, 0.15) is 0 Å². The van der Waals surface area contributed by atoms with E-state index in [0.29, 0.717) is 25.8 Å². The SMILES string of the molecule is CCOC(=O)c1ccc(PC)cc1Cl. The van der Waals surface area contributed by atoms with Gasteiger partial charge in [0.15, 0.2) is 0 Å². The minimum Gasteiger partial charge on any atom is -0.462 e. The molecule has 0 bridgehead atoms. The second-order valence-electron chi connectivity index (χ2n) is 2.67. The van der Waals surface area contributed by atoms with Crippen LogP contribution in [-0.2, 0) is 4.74 Å². The van der Waals surface area contributed by atoms with E-state index in [1.165, 1.54) is 0 Å². The van der Waals surface area contributed by atoms with Crippen LogP contribution in [0.1, 0.15) is 17.3 Å². The average molecular weight is 231 g/mol. The van der Waals surface area contributed by atoms with Gasteiger partial charge in [0.25, 0.3) is 0 Å². The van der Waals surface area contributed by atoms with E-state index in [4.69, 9.17) is 16.3 Å². The van der Waals surface area contributed by atoms with Gasteiger partial charge in [-0.2, -0.15) is 0 Å². The Morgan fingerprint density at radius 3 is 2.79 bits per heavy atom. The zero-order valence-electron chi connectivity index (χ0n) is 8.13. The van der Waals surface area contributed by atoms with Crippen LogP contribution in [0.5, 0.6) is 0 Å². The number of rotatable bonds is 3. The van der Waals surface area contributed by atoms with Crippen LogP contribution in [0.15, 0.2) is 18.2 Å². The van der Waals surface area contributed by atoms with Crippen molar-refractivity contribution < 1.29 is 9.53 Å². The summed E-state index contributed by atoms with van der Waals surface area (Å²) < 4.78 is 4.86. The van der Waals surface area contributed by atoms with Crippen molar-refractivity contribution in [3.05, 3.63) is 28.8 Å². The summed E-state index contributed by atoms with van der Waals surface area (Å²) in [5.41, 5.74) is 0.440. The molecule has 1 unspecified atom stereocenters. The first-order valence-corrected chi connectivity index (χ1v) is 6.21. The summed E-state index contributed by atoms with van der Waals surface area (Å²) in [5, 5.41) is 1.61. The molecule has 0 fully saturated rings. The van der Waals surface area contributed by atoms with Crippen molar-refractivity contribution in [2.24, 2.45) is 0 Å². The zero-order valence-corrected chi connectivity index (χ0v) is 9.89. The summed E-state index contributed by atoms with van der Waals surface area (Å²) in [7, 11) is 0.681. The summed E-state index contributed by atoms with van der Waals surface area (Å²) in [4.78, 5) is 11.4. The van der Waals surface area contributed by atoms with Crippen molar-refractivity contribution in [1.82, 2.24) is 0 Å². The van der Waals surface area contributed by atoms with Crippen LogP contribution in [0, 0.1) is 0 Å². The predicted octanol–water partition coefficient (Wildman–Crippen LogP) is 2.45. The fraction of sp³-hybridized carbons (Fsp3) is 0.300. The summed E-state index contributed by atoms with van der Waals surface area (Å²) in [6, 6.07) is 5.43. The first-order valence-electron chi connectivity index (χ1n) is 4.33. The molecular formula is C10H12ClO2P. The number of benzene rings is 1. The van der Waals surface area contributed by atoms with Gasteiger partial charge in [-0.25, -0.2) is 4.79 Å². The highest BCUT2D eigenvalue weighted by Gasteiger charge is 2.10. The van der Waals surface area contributed by atoms with Gasteiger partial charge in [0.05, 0.1) is 17.2 Å². The number of hydrogen-bond donors (Lipinski definition) is 0. The Kier molecular flexibility index (Phi) is 4.37. The Labute approximate surface area is 90.4 Å². The first kappa shape index (κ1) is 11.5. The third-order valence-corrected chi connectivity index (χ3v) is 2.95. The molecule has 0 aliphatic carbocycles. The van der Waals surface area contributed by atoms with Crippen LogP contribution in [0.3, 0.4) is 0 Å². The molecule has 0 saturated carbocycles. The van der Waals surface area contributed by atoms with Crippen molar-refractivity contribution in [1.29, 1.82) is 0 Å². The quantitative estimate of drug-likeness (QED) is 0.589. The number of esters is 1. The Hall–Kier alpha value is -0.590. The molecule has 0 saturated heterocycles. The molecule has 0 N–H and O–H groups in total. The molecule has 76 valence electrons. The van der Waals surface area contributed by atoms with Crippen molar-refractivity contribution in [3.8, 4) is 0 Å². The number of halogens is 1. The van der Waals surface area contributed by atoms with Gasteiger partial charge >= 0.3 is 5.97 Å². The monoisotopic (exact) mass is 230 g/mol. The van der Waals surface area contributed by atoms with Gasteiger partial charge in [-0.3, -0.25) is 0 Å². The second kappa shape index (κ2) is 5.33. The normalized spacial score (nSPS) is 10.8. The van der Waals surface area contributed by atoms with Crippen molar-refractivity contribution in [3.63, 3.8) is 0 Å². The topological polar surface area (TPSA) is 26.3 Å². The van der Waals surface area contributed by atoms with E-state index in [0.717, 1.165) is 5.30 Å². The molecule has 0 spiro atoms. The Morgan fingerprint density at radius 2 is 2.29 bits per heavy atom. The van der Waals surface area contributed by atoms with Crippen molar-refractivity contribution >= 4 is 31.5 Å². The molecular weight excluding hydrogens is 219 g/mol. The minimum absolute atomic E-state index is 0.358. The van der Waals surface area contributed by atoms with E-state index in [1.807, 2.05) is 12.1 Å². The molecule has 0 amide bonds. The summed E-state index contributed by atoms with van der Waals surface area (Å²) in [6.45, 7) is 4.20. The Balaban J connectivity index is 2.94. The molecule has 14 heavy (non-hydrogen) atoms. The maximum atomic E-state index is 11.4. The lowest BCUT2D eigenvalue weighted by atomic mass is 10.2. The third-order valence-electron chi connectivity index (χ3n) is 1.75. The standard InChI is InChI=1S/C10H12ClO2P/c1-3-13-10(12)8-5-4-7(14-2)6-9(8)11/h4-6,14H,3H2,1-2H3. The summed E-state index contributed by atoms with van der Waals surface area (Å²) >= 11 is 5.94. The molecule has 1 atom stereocenters. The smallest absolute Gasteiger partial charge is 0.339 e. The number of carbonyl (C=O) groups excluding carboxylic acids is 1. The number of ether oxygens (including phenoxy) is 1. The molecule has 1 aromatic rings. The molecule has 0 aliphatic rings. The highest BCUT2D eigenvalue weighted by atomic mass is 35.5. The lowest BCUT2D eigenvalue weighted by molar-refractivity contribution is 0.0526. The van der Waals surface area contributed by atoms with Crippen LogP contribution < -0.4 is 5.30 Å². The van der Waals surface area contributed by atoms with Crippen LogP contribution in [0.2, 0.25) is 5.02 Å². The number of carbonyl (C=O) groups is 1. The minimum atomic E-state index is -0.358. The molecule has 0 aliphatic heterocycles. The van der Waals surface area contributed by atoms with Gasteiger partial charge in [0.2, 0.25) is 0 Å². The fourth-order valence-corrected chi connectivity index (χ4v) is 1.93. The van der Waals surface area contributed by atoms with Gasteiger partial charge in [0, 0.05) is 0 Å². The Bertz CT molecular complexity index is 339. The van der Waals surface area contributed by atoms with E-state index in [1.54, 1.807) is 13.0 Å². The predicted molar refractivity (Wildman–Crippen MR) is 61.3 cm³/mol. The van der Waals surface area contributed by atoms with Gasteiger partial charge in [-0.05, 0) is 31.0 Å². The van der Waals surface area contributed by atoms with Gasteiger partial charge < -0.3 is 4.74 Å². The molecule has 0 heterocycles. The van der Waals surface area contributed by atoms with E-state index in [2.05, 4.69) is 6.66 Å². The first-order chi connectivity index (χ1) is 6.69.